The van der Waals surface area contributed by atoms with Crippen molar-refractivity contribution in [2.45, 2.75) is 39.0 Å². The van der Waals surface area contributed by atoms with Gasteiger partial charge in [-0.25, -0.2) is 4.39 Å². The number of amides is 2. The number of benzene rings is 3. The summed E-state index contributed by atoms with van der Waals surface area (Å²) >= 11 is 0. The summed E-state index contributed by atoms with van der Waals surface area (Å²) in [7, 11) is 0. The van der Waals surface area contributed by atoms with Crippen molar-refractivity contribution in [3.8, 4) is 5.75 Å². The van der Waals surface area contributed by atoms with Crippen LogP contribution in [0.5, 0.6) is 5.75 Å². The van der Waals surface area contributed by atoms with E-state index in [1.807, 2.05) is 42.2 Å². The molecule has 6 nitrogen and oxygen atoms in total. The van der Waals surface area contributed by atoms with E-state index in [0.717, 1.165) is 23.1 Å². The number of carbonyl (C=O) groups excluding carboxylic acids is 2. The summed E-state index contributed by atoms with van der Waals surface area (Å²) in [5.74, 6) is 0.787. The third kappa shape index (κ3) is 5.62. The maximum Gasteiger partial charge on any atom is 0.287 e. The number of halogens is 1. The molecule has 0 unspecified atom stereocenters. The fourth-order valence-corrected chi connectivity index (χ4v) is 4.75. The second-order valence-electron chi connectivity index (χ2n) is 9.23. The van der Waals surface area contributed by atoms with Gasteiger partial charge in [0, 0.05) is 19.5 Å². The quantitative estimate of drug-likeness (QED) is 0.323. The van der Waals surface area contributed by atoms with Gasteiger partial charge in [0.1, 0.15) is 23.9 Å². The van der Waals surface area contributed by atoms with Gasteiger partial charge in [-0.3, -0.25) is 9.59 Å². The minimum absolute atomic E-state index is 0.122. The molecule has 1 aliphatic heterocycles. The first-order chi connectivity index (χ1) is 18.5. The predicted molar refractivity (Wildman–Crippen MR) is 141 cm³/mol. The lowest BCUT2D eigenvalue weighted by atomic mass is 9.87. The van der Waals surface area contributed by atoms with E-state index in [2.05, 4.69) is 23.5 Å². The lowest BCUT2D eigenvalue weighted by molar-refractivity contribution is -0.132. The summed E-state index contributed by atoms with van der Waals surface area (Å²) in [5.41, 5.74) is 4.11. The fourth-order valence-electron chi connectivity index (χ4n) is 4.75. The van der Waals surface area contributed by atoms with Crippen molar-refractivity contribution in [1.82, 2.24) is 10.2 Å². The third-order valence-electron chi connectivity index (χ3n) is 6.72. The zero-order valence-electron chi connectivity index (χ0n) is 21.2. The number of nitrogens with one attached hydrogen (secondary N) is 1. The molecule has 3 aromatic carbocycles. The number of hydrogen-bond donors (Lipinski definition) is 1. The molecule has 0 aliphatic carbocycles. The Labute approximate surface area is 221 Å². The highest BCUT2D eigenvalue weighted by atomic mass is 19.1. The number of fused-ring (bicyclic) bond motifs is 1. The van der Waals surface area contributed by atoms with Crippen LogP contribution in [0.1, 0.15) is 58.0 Å². The van der Waals surface area contributed by atoms with E-state index in [1.54, 1.807) is 24.3 Å². The van der Waals surface area contributed by atoms with E-state index in [0.29, 0.717) is 24.5 Å². The van der Waals surface area contributed by atoms with Crippen LogP contribution in [-0.2, 0) is 24.4 Å². The maximum atomic E-state index is 13.1. The Morgan fingerprint density at radius 3 is 2.58 bits per heavy atom. The molecule has 4 aromatic rings. The first kappa shape index (κ1) is 25.3. The Morgan fingerprint density at radius 1 is 1.03 bits per heavy atom. The molecule has 0 radical (unpaired) electrons. The molecule has 1 aliphatic rings. The molecule has 2 amide bonds. The summed E-state index contributed by atoms with van der Waals surface area (Å²) in [6, 6.07) is 25.1. The van der Waals surface area contributed by atoms with E-state index in [4.69, 9.17) is 9.15 Å². The minimum atomic E-state index is -0.360. The van der Waals surface area contributed by atoms with Crippen molar-refractivity contribution in [2.75, 3.05) is 6.54 Å². The van der Waals surface area contributed by atoms with Crippen molar-refractivity contribution in [2.24, 2.45) is 0 Å². The van der Waals surface area contributed by atoms with Crippen molar-refractivity contribution < 1.29 is 23.1 Å². The average molecular weight is 513 g/mol. The standard InChI is InChI=1S/C31H29FN2O4/c1-2-29(35)34-17-16-22-10-13-25(18-27(22)30(34)23-6-4-3-5-7-23)37-20-26-14-15-28(38-26)31(36)33-19-21-8-11-24(32)12-9-21/h3-15,18,30H,2,16-17,19-20H2,1H3,(H,33,36)/t30-/m0/s1. The largest absolute Gasteiger partial charge is 0.486 e. The van der Waals surface area contributed by atoms with Crippen molar-refractivity contribution in [3.05, 3.63) is 125 Å². The normalized spacial score (nSPS) is 14.6. The maximum absolute atomic E-state index is 13.1. The second kappa shape index (κ2) is 11.3. The van der Waals surface area contributed by atoms with Gasteiger partial charge in [-0.15, -0.1) is 0 Å². The van der Waals surface area contributed by atoms with Gasteiger partial charge in [0.15, 0.2) is 5.76 Å². The summed E-state index contributed by atoms with van der Waals surface area (Å²) in [4.78, 5) is 27.2. The van der Waals surface area contributed by atoms with Crippen molar-refractivity contribution in [1.29, 1.82) is 0 Å². The van der Waals surface area contributed by atoms with Gasteiger partial charge in [0.25, 0.3) is 5.91 Å². The summed E-state index contributed by atoms with van der Waals surface area (Å²) < 4.78 is 24.8. The Kier molecular flexibility index (Phi) is 7.54. The molecule has 7 heteroatoms. The van der Waals surface area contributed by atoms with Crippen LogP contribution < -0.4 is 10.1 Å². The topological polar surface area (TPSA) is 71.8 Å². The van der Waals surface area contributed by atoms with Crippen LogP contribution in [0.15, 0.2) is 89.3 Å². The lowest BCUT2D eigenvalue weighted by Crippen LogP contribution is -2.40. The first-order valence-corrected chi connectivity index (χ1v) is 12.7. The molecular formula is C31H29FN2O4. The number of rotatable bonds is 8. The molecular weight excluding hydrogens is 483 g/mol. The Balaban J connectivity index is 1.27. The molecule has 194 valence electrons. The lowest BCUT2D eigenvalue weighted by Gasteiger charge is -2.38. The molecule has 0 fully saturated rings. The third-order valence-corrected chi connectivity index (χ3v) is 6.72. The summed E-state index contributed by atoms with van der Waals surface area (Å²) in [6.07, 6.45) is 1.24. The van der Waals surface area contributed by atoms with E-state index in [1.165, 1.54) is 17.7 Å². The molecule has 1 N–H and O–H groups in total. The highest BCUT2D eigenvalue weighted by Gasteiger charge is 2.31. The molecule has 2 heterocycles. The van der Waals surface area contributed by atoms with Crippen LogP contribution in [0.2, 0.25) is 0 Å². The minimum Gasteiger partial charge on any atom is -0.486 e. The van der Waals surface area contributed by atoms with Crippen LogP contribution in [-0.4, -0.2) is 23.3 Å². The van der Waals surface area contributed by atoms with Crippen molar-refractivity contribution >= 4 is 11.8 Å². The van der Waals surface area contributed by atoms with Crippen LogP contribution >= 0.6 is 0 Å². The van der Waals surface area contributed by atoms with Crippen LogP contribution in [0.25, 0.3) is 0 Å². The van der Waals surface area contributed by atoms with Crippen LogP contribution in [0, 0.1) is 5.82 Å². The van der Waals surface area contributed by atoms with Gasteiger partial charge in [-0.1, -0.05) is 55.5 Å². The molecule has 0 spiro atoms. The fraction of sp³-hybridized carbons (Fsp3) is 0.226. The number of carbonyl (C=O) groups is 2. The number of nitrogens with zero attached hydrogens (tertiary/aromatic N) is 1. The van der Waals surface area contributed by atoms with Gasteiger partial charge in [-0.2, -0.15) is 0 Å². The highest BCUT2D eigenvalue weighted by molar-refractivity contribution is 5.91. The Hall–Kier alpha value is -4.39. The van der Waals surface area contributed by atoms with Gasteiger partial charge in [-0.05, 0) is 65.1 Å². The van der Waals surface area contributed by atoms with Crippen molar-refractivity contribution in [3.63, 3.8) is 0 Å². The summed E-state index contributed by atoms with van der Waals surface area (Å²) in [5, 5.41) is 2.77. The smallest absolute Gasteiger partial charge is 0.287 e. The molecule has 38 heavy (non-hydrogen) atoms. The molecule has 0 saturated carbocycles. The molecule has 5 rings (SSSR count). The first-order valence-electron chi connectivity index (χ1n) is 12.7. The molecule has 1 aromatic heterocycles. The molecule has 1 atom stereocenters. The van der Waals surface area contributed by atoms with Gasteiger partial charge in [0.05, 0.1) is 6.04 Å². The number of hydrogen-bond acceptors (Lipinski definition) is 4. The predicted octanol–water partition coefficient (Wildman–Crippen LogP) is 5.81. The average Bonchev–Trinajstić information content (AvgIpc) is 3.44. The zero-order chi connectivity index (χ0) is 26.5. The van der Waals surface area contributed by atoms with E-state index < -0.39 is 0 Å². The zero-order valence-corrected chi connectivity index (χ0v) is 21.2. The molecule has 0 saturated heterocycles. The molecule has 0 bridgehead atoms. The van der Waals surface area contributed by atoms with Crippen LogP contribution in [0.3, 0.4) is 0 Å². The number of furan rings is 1. The van der Waals surface area contributed by atoms with Gasteiger partial charge >= 0.3 is 0 Å². The highest BCUT2D eigenvalue weighted by Crippen LogP contribution is 2.37. The monoisotopic (exact) mass is 512 g/mol. The number of ether oxygens (including phenoxy) is 1. The van der Waals surface area contributed by atoms with E-state index in [9.17, 15) is 14.0 Å². The Bertz CT molecular complexity index is 1420. The summed E-state index contributed by atoms with van der Waals surface area (Å²) in [6.45, 7) is 2.98. The Morgan fingerprint density at radius 2 is 1.82 bits per heavy atom. The van der Waals surface area contributed by atoms with Crippen LogP contribution in [0.4, 0.5) is 4.39 Å². The SMILES string of the molecule is CCC(=O)N1CCc2ccc(OCc3ccc(C(=O)NCc4ccc(F)cc4)o3)cc2[C@@H]1c1ccccc1. The van der Waals surface area contributed by atoms with Gasteiger partial charge in [0.2, 0.25) is 5.91 Å². The van der Waals surface area contributed by atoms with E-state index in [-0.39, 0.29) is 42.6 Å². The second-order valence-corrected chi connectivity index (χ2v) is 9.23. The van der Waals surface area contributed by atoms with Gasteiger partial charge < -0.3 is 19.4 Å². The van der Waals surface area contributed by atoms with E-state index >= 15 is 0 Å².